The van der Waals surface area contributed by atoms with Gasteiger partial charge >= 0.3 is 0 Å². The maximum Gasteiger partial charge on any atom is 0.143 e. The second-order valence-corrected chi connectivity index (χ2v) is 3.58. The fourth-order valence-corrected chi connectivity index (χ4v) is 1.55. The molecule has 0 amide bonds. The quantitative estimate of drug-likeness (QED) is 0.758. The number of aromatic nitrogens is 2. The van der Waals surface area contributed by atoms with Crippen LogP contribution in [0.1, 0.15) is 5.82 Å². The van der Waals surface area contributed by atoms with Crippen molar-refractivity contribution >= 4 is 17.3 Å². The van der Waals surface area contributed by atoms with Crippen LogP contribution in [-0.4, -0.2) is 9.55 Å². The minimum absolute atomic E-state index is 0.0484. The number of hydrogen-bond acceptors (Lipinski definition) is 2. The Morgan fingerprint density at radius 1 is 1.47 bits per heavy atom. The number of rotatable bonds is 1. The summed E-state index contributed by atoms with van der Waals surface area (Å²) in [5, 5.41) is 0.0484. The minimum Gasteiger partial charge on any atom is -0.397 e. The summed E-state index contributed by atoms with van der Waals surface area (Å²) >= 11 is 5.69. The van der Waals surface area contributed by atoms with E-state index in [2.05, 4.69) is 4.98 Å². The third-order valence-corrected chi connectivity index (χ3v) is 2.44. The average Bonchev–Trinajstić information content (AvgIpc) is 2.58. The Labute approximate surface area is 91.3 Å². The number of benzene rings is 1. The largest absolute Gasteiger partial charge is 0.397 e. The molecule has 0 atom stereocenters. The SMILES string of the molecule is Cc1nccn1-c1cc(Cl)c(F)cc1N. The van der Waals surface area contributed by atoms with E-state index in [-0.39, 0.29) is 5.02 Å². The summed E-state index contributed by atoms with van der Waals surface area (Å²) in [6, 6.07) is 2.69. The van der Waals surface area contributed by atoms with Crippen molar-refractivity contribution in [3.63, 3.8) is 0 Å². The molecule has 1 aromatic carbocycles. The number of anilines is 1. The molecule has 0 radical (unpaired) electrons. The Balaban J connectivity index is 2.64. The number of nitrogens with two attached hydrogens (primary N) is 1. The van der Waals surface area contributed by atoms with Crippen molar-refractivity contribution in [2.45, 2.75) is 6.92 Å². The summed E-state index contributed by atoms with van der Waals surface area (Å²) < 4.78 is 14.8. The van der Waals surface area contributed by atoms with Gasteiger partial charge in [-0.25, -0.2) is 9.37 Å². The van der Waals surface area contributed by atoms with Crippen molar-refractivity contribution in [1.82, 2.24) is 9.55 Å². The summed E-state index contributed by atoms with van der Waals surface area (Å²) in [5.74, 6) is 0.250. The molecule has 15 heavy (non-hydrogen) atoms. The normalized spacial score (nSPS) is 10.6. The molecule has 1 aromatic heterocycles. The van der Waals surface area contributed by atoms with Gasteiger partial charge in [-0.3, -0.25) is 0 Å². The standard InChI is InChI=1S/C10H9ClFN3/c1-6-14-2-3-15(6)10-4-7(11)8(12)5-9(10)13/h2-5H,13H2,1H3. The van der Waals surface area contributed by atoms with E-state index in [0.29, 0.717) is 11.4 Å². The molecule has 0 bridgehead atoms. The second kappa shape index (κ2) is 3.55. The van der Waals surface area contributed by atoms with Gasteiger partial charge in [-0.1, -0.05) is 11.6 Å². The lowest BCUT2D eigenvalue weighted by atomic mass is 10.2. The molecule has 2 rings (SSSR count). The second-order valence-electron chi connectivity index (χ2n) is 3.17. The monoisotopic (exact) mass is 225 g/mol. The summed E-state index contributed by atoms with van der Waals surface area (Å²) in [6.45, 7) is 1.83. The first kappa shape index (κ1) is 9.98. The van der Waals surface area contributed by atoms with Crippen LogP contribution in [0.5, 0.6) is 0 Å². The van der Waals surface area contributed by atoms with Gasteiger partial charge < -0.3 is 10.3 Å². The van der Waals surface area contributed by atoms with E-state index in [1.807, 2.05) is 6.92 Å². The molecule has 0 saturated heterocycles. The minimum atomic E-state index is -0.518. The number of aryl methyl sites for hydroxylation is 1. The van der Waals surface area contributed by atoms with Gasteiger partial charge in [0.05, 0.1) is 16.4 Å². The Hall–Kier alpha value is -1.55. The van der Waals surface area contributed by atoms with Gasteiger partial charge in [-0.15, -0.1) is 0 Å². The van der Waals surface area contributed by atoms with Gasteiger partial charge in [0.1, 0.15) is 11.6 Å². The van der Waals surface area contributed by atoms with Crippen LogP contribution in [0.2, 0.25) is 5.02 Å². The number of halogens is 2. The highest BCUT2D eigenvalue weighted by molar-refractivity contribution is 6.31. The van der Waals surface area contributed by atoms with Gasteiger partial charge in [-0.2, -0.15) is 0 Å². The van der Waals surface area contributed by atoms with E-state index >= 15 is 0 Å². The van der Waals surface area contributed by atoms with Crippen molar-refractivity contribution in [1.29, 1.82) is 0 Å². The lowest BCUT2D eigenvalue weighted by Gasteiger charge is -2.09. The van der Waals surface area contributed by atoms with Crippen LogP contribution in [0, 0.1) is 12.7 Å². The van der Waals surface area contributed by atoms with Crippen molar-refractivity contribution in [2.75, 3.05) is 5.73 Å². The fourth-order valence-electron chi connectivity index (χ4n) is 1.39. The van der Waals surface area contributed by atoms with Crippen LogP contribution < -0.4 is 5.73 Å². The molecular weight excluding hydrogens is 217 g/mol. The summed E-state index contributed by atoms with van der Waals surface area (Å²) in [4.78, 5) is 4.06. The average molecular weight is 226 g/mol. The van der Waals surface area contributed by atoms with Gasteiger partial charge in [0.25, 0.3) is 0 Å². The van der Waals surface area contributed by atoms with Crippen molar-refractivity contribution in [2.24, 2.45) is 0 Å². The molecule has 0 saturated carbocycles. The molecule has 0 fully saturated rings. The van der Waals surface area contributed by atoms with Crippen LogP contribution in [0.25, 0.3) is 5.69 Å². The Bertz CT molecular complexity index is 507. The molecule has 2 N–H and O–H groups in total. The first-order valence-electron chi connectivity index (χ1n) is 4.34. The molecule has 0 unspecified atom stereocenters. The molecule has 0 aliphatic rings. The highest BCUT2D eigenvalue weighted by atomic mass is 35.5. The molecule has 5 heteroatoms. The maximum absolute atomic E-state index is 13.1. The van der Waals surface area contributed by atoms with Gasteiger partial charge in [0.15, 0.2) is 0 Å². The Morgan fingerprint density at radius 2 is 2.20 bits per heavy atom. The van der Waals surface area contributed by atoms with Gasteiger partial charge in [0, 0.05) is 18.5 Å². The highest BCUT2D eigenvalue weighted by Gasteiger charge is 2.09. The molecule has 78 valence electrons. The van der Waals surface area contributed by atoms with E-state index in [1.54, 1.807) is 17.0 Å². The zero-order valence-corrected chi connectivity index (χ0v) is 8.79. The summed E-state index contributed by atoms with van der Waals surface area (Å²) in [6.07, 6.45) is 3.39. The van der Waals surface area contributed by atoms with Crippen LogP contribution in [0.3, 0.4) is 0 Å². The van der Waals surface area contributed by atoms with E-state index in [4.69, 9.17) is 17.3 Å². The Morgan fingerprint density at radius 3 is 2.80 bits per heavy atom. The molecule has 1 heterocycles. The van der Waals surface area contributed by atoms with E-state index in [0.717, 1.165) is 5.82 Å². The number of nitrogens with zero attached hydrogens (tertiary/aromatic N) is 2. The van der Waals surface area contributed by atoms with Crippen molar-refractivity contribution in [3.8, 4) is 5.69 Å². The lowest BCUT2D eigenvalue weighted by molar-refractivity contribution is 0.628. The van der Waals surface area contributed by atoms with Crippen molar-refractivity contribution in [3.05, 3.63) is 41.2 Å². The molecule has 2 aromatic rings. The predicted octanol–water partition coefficient (Wildman–Crippen LogP) is 2.56. The third-order valence-electron chi connectivity index (χ3n) is 2.15. The summed E-state index contributed by atoms with van der Waals surface area (Å²) in [5.41, 5.74) is 6.67. The molecule has 0 spiro atoms. The first-order chi connectivity index (χ1) is 7.09. The zero-order chi connectivity index (χ0) is 11.0. The first-order valence-corrected chi connectivity index (χ1v) is 4.72. The molecular formula is C10H9ClFN3. The van der Waals surface area contributed by atoms with Crippen LogP contribution in [0.15, 0.2) is 24.5 Å². The predicted molar refractivity (Wildman–Crippen MR) is 57.7 cm³/mol. The maximum atomic E-state index is 13.1. The Kier molecular flexibility index (Phi) is 2.36. The number of hydrogen-bond donors (Lipinski definition) is 1. The zero-order valence-electron chi connectivity index (χ0n) is 8.04. The van der Waals surface area contributed by atoms with Gasteiger partial charge in [-0.05, 0) is 13.0 Å². The molecule has 0 aliphatic heterocycles. The summed E-state index contributed by atoms with van der Waals surface area (Å²) in [7, 11) is 0. The van der Waals surface area contributed by atoms with Gasteiger partial charge in [0.2, 0.25) is 0 Å². The lowest BCUT2D eigenvalue weighted by Crippen LogP contribution is -2.01. The van der Waals surface area contributed by atoms with E-state index < -0.39 is 5.82 Å². The van der Waals surface area contributed by atoms with Crippen molar-refractivity contribution < 1.29 is 4.39 Å². The van der Waals surface area contributed by atoms with E-state index in [1.165, 1.54) is 12.1 Å². The van der Waals surface area contributed by atoms with Crippen LogP contribution >= 0.6 is 11.6 Å². The number of imidazole rings is 1. The fraction of sp³-hybridized carbons (Fsp3) is 0.100. The van der Waals surface area contributed by atoms with Crippen LogP contribution in [-0.2, 0) is 0 Å². The third kappa shape index (κ3) is 1.68. The van der Waals surface area contributed by atoms with E-state index in [9.17, 15) is 4.39 Å². The smallest absolute Gasteiger partial charge is 0.143 e. The molecule has 3 nitrogen and oxygen atoms in total. The number of nitrogen functional groups attached to an aromatic ring is 1. The highest BCUT2D eigenvalue weighted by Crippen LogP contribution is 2.25. The van der Waals surface area contributed by atoms with Crippen LogP contribution in [0.4, 0.5) is 10.1 Å². The molecule has 0 aliphatic carbocycles. The topological polar surface area (TPSA) is 43.8 Å².